The first kappa shape index (κ1) is 18.1. The molecule has 0 aliphatic heterocycles. The van der Waals surface area contributed by atoms with E-state index in [1.807, 2.05) is 6.92 Å². The van der Waals surface area contributed by atoms with Crippen molar-refractivity contribution >= 4 is 10.0 Å². The number of benzene rings is 1. The molecule has 0 atom stereocenters. The number of rotatable bonds is 10. The van der Waals surface area contributed by atoms with Crippen LogP contribution in [0, 0.1) is 6.92 Å². The Morgan fingerprint density at radius 3 is 2.62 bits per heavy atom. The molecule has 0 bridgehead atoms. The fourth-order valence-electron chi connectivity index (χ4n) is 1.77. The van der Waals surface area contributed by atoms with Crippen LogP contribution < -0.4 is 10.5 Å². The van der Waals surface area contributed by atoms with E-state index in [1.54, 1.807) is 25.3 Å². The molecule has 0 saturated heterocycles. The lowest BCUT2D eigenvalue weighted by Crippen LogP contribution is -2.26. The Labute approximate surface area is 126 Å². The van der Waals surface area contributed by atoms with Crippen LogP contribution in [0.3, 0.4) is 0 Å². The van der Waals surface area contributed by atoms with E-state index in [2.05, 4.69) is 4.72 Å². The highest BCUT2D eigenvalue weighted by Gasteiger charge is 2.14. The second-order valence-electron chi connectivity index (χ2n) is 4.65. The SMILES string of the molecule is COCCOCCCNS(=O)(=O)c1ccc(CN)c(C)c1. The van der Waals surface area contributed by atoms with Crippen molar-refractivity contribution in [1.82, 2.24) is 4.72 Å². The van der Waals surface area contributed by atoms with Crippen molar-refractivity contribution in [2.75, 3.05) is 33.5 Å². The molecule has 1 rings (SSSR count). The maximum absolute atomic E-state index is 12.1. The van der Waals surface area contributed by atoms with Crippen LogP contribution in [-0.2, 0) is 26.0 Å². The van der Waals surface area contributed by atoms with Crippen LogP contribution in [0.4, 0.5) is 0 Å². The Hall–Kier alpha value is -0.990. The smallest absolute Gasteiger partial charge is 0.240 e. The number of nitrogens with two attached hydrogens (primary N) is 1. The molecule has 120 valence electrons. The average molecular weight is 316 g/mol. The quantitative estimate of drug-likeness (QED) is 0.623. The number of sulfonamides is 1. The van der Waals surface area contributed by atoms with Crippen molar-refractivity contribution in [2.24, 2.45) is 5.73 Å². The van der Waals surface area contributed by atoms with Crippen LogP contribution >= 0.6 is 0 Å². The van der Waals surface area contributed by atoms with Gasteiger partial charge in [-0.3, -0.25) is 0 Å². The third-order valence-electron chi connectivity index (χ3n) is 3.03. The lowest BCUT2D eigenvalue weighted by Gasteiger charge is -2.09. The lowest BCUT2D eigenvalue weighted by atomic mass is 10.1. The number of ether oxygens (including phenoxy) is 2. The van der Waals surface area contributed by atoms with Gasteiger partial charge in [-0.05, 0) is 36.6 Å². The van der Waals surface area contributed by atoms with E-state index < -0.39 is 10.0 Å². The molecule has 0 spiro atoms. The lowest BCUT2D eigenvalue weighted by molar-refractivity contribution is 0.0699. The minimum absolute atomic E-state index is 0.262. The van der Waals surface area contributed by atoms with E-state index in [4.69, 9.17) is 15.2 Å². The third-order valence-corrected chi connectivity index (χ3v) is 4.49. The molecule has 0 fully saturated rings. The summed E-state index contributed by atoms with van der Waals surface area (Å²) in [5, 5.41) is 0. The molecular weight excluding hydrogens is 292 g/mol. The molecule has 0 aliphatic rings. The molecule has 0 radical (unpaired) electrons. The van der Waals surface area contributed by atoms with Gasteiger partial charge in [0.05, 0.1) is 18.1 Å². The standard InChI is InChI=1S/C14H24N2O4S/c1-12-10-14(5-4-13(12)11-15)21(17,18)16-6-3-7-20-9-8-19-2/h4-5,10,16H,3,6-9,11,15H2,1-2H3. The predicted molar refractivity (Wildman–Crippen MR) is 81.6 cm³/mol. The van der Waals surface area contributed by atoms with Gasteiger partial charge in [0.2, 0.25) is 10.0 Å². The fourth-order valence-corrected chi connectivity index (χ4v) is 2.93. The summed E-state index contributed by atoms with van der Waals surface area (Å²) in [4.78, 5) is 0.262. The Morgan fingerprint density at radius 2 is 2.00 bits per heavy atom. The fraction of sp³-hybridized carbons (Fsp3) is 0.571. The summed E-state index contributed by atoms with van der Waals surface area (Å²) in [5.41, 5.74) is 7.39. The van der Waals surface area contributed by atoms with Crippen molar-refractivity contribution in [3.05, 3.63) is 29.3 Å². The van der Waals surface area contributed by atoms with E-state index in [0.29, 0.717) is 39.3 Å². The third kappa shape index (κ3) is 6.11. The Bertz CT molecular complexity index is 532. The van der Waals surface area contributed by atoms with Crippen molar-refractivity contribution in [3.63, 3.8) is 0 Å². The maximum Gasteiger partial charge on any atom is 0.240 e. The van der Waals surface area contributed by atoms with Crippen molar-refractivity contribution in [2.45, 2.75) is 24.8 Å². The van der Waals surface area contributed by atoms with Crippen molar-refractivity contribution in [3.8, 4) is 0 Å². The Balaban J connectivity index is 2.45. The zero-order valence-corrected chi connectivity index (χ0v) is 13.4. The summed E-state index contributed by atoms with van der Waals surface area (Å²) in [5.74, 6) is 0. The summed E-state index contributed by atoms with van der Waals surface area (Å²) in [6.07, 6.45) is 0.614. The summed E-state index contributed by atoms with van der Waals surface area (Å²) in [7, 11) is -1.87. The van der Waals surface area contributed by atoms with Crippen LogP contribution in [0.1, 0.15) is 17.5 Å². The molecule has 0 aliphatic carbocycles. The van der Waals surface area contributed by atoms with E-state index in [9.17, 15) is 8.42 Å². The van der Waals surface area contributed by atoms with Gasteiger partial charge in [-0.25, -0.2) is 13.1 Å². The summed E-state index contributed by atoms with van der Waals surface area (Å²) in [6, 6.07) is 4.96. The molecule has 6 nitrogen and oxygen atoms in total. The van der Waals surface area contributed by atoms with Gasteiger partial charge >= 0.3 is 0 Å². The highest BCUT2D eigenvalue weighted by molar-refractivity contribution is 7.89. The number of aryl methyl sites for hydroxylation is 1. The van der Waals surface area contributed by atoms with Crippen LogP contribution in [0.15, 0.2) is 23.1 Å². The van der Waals surface area contributed by atoms with E-state index in [-0.39, 0.29) is 4.90 Å². The van der Waals surface area contributed by atoms with Crippen molar-refractivity contribution in [1.29, 1.82) is 0 Å². The average Bonchev–Trinajstić information content (AvgIpc) is 2.46. The van der Waals surface area contributed by atoms with Crippen LogP contribution in [0.5, 0.6) is 0 Å². The molecule has 1 aromatic carbocycles. The minimum atomic E-state index is -3.48. The molecular formula is C14H24N2O4S. The topological polar surface area (TPSA) is 90.6 Å². The minimum Gasteiger partial charge on any atom is -0.382 e. The van der Waals surface area contributed by atoms with Gasteiger partial charge in [0.25, 0.3) is 0 Å². The van der Waals surface area contributed by atoms with Crippen LogP contribution in [0.25, 0.3) is 0 Å². The second kappa shape index (κ2) is 9.11. The summed E-state index contributed by atoms with van der Waals surface area (Å²) in [6.45, 7) is 4.15. The van der Waals surface area contributed by atoms with Gasteiger partial charge in [0.1, 0.15) is 0 Å². The highest BCUT2D eigenvalue weighted by atomic mass is 32.2. The zero-order valence-electron chi connectivity index (χ0n) is 12.6. The van der Waals surface area contributed by atoms with Gasteiger partial charge in [0.15, 0.2) is 0 Å². The largest absolute Gasteiger partial charge is 0.382 e. The van der Waals surface area contributed by atoms with Gasteiger partial charge in [-0.1, -0.05) is 6.07 Å². The van der Waals surface area contributed by atoms with Gasteiger partial charge < -0.3 is 15.2 Å². The van der Waals surface area contributed by atoms with E-state index in [0.717, 1.165) is 11.1 Å². The molecule has 7 heteroatoms. The zero-order chi connectivity index (χ0) is 15.7. The predicted octanol–water partition coefficient (Wildman–Crippen LogP) is 0.785. The Kier molecular flexibility index (Phi) is 7.84. The first-order chi connectivity index (χ1) is 10.0. The first-order valence-corrected chi connectivity index (χ1v) is 8.35. The van der Waals surface area contributed by atoms with E-state index >= 15 is 0 Å². The number of hydrogen-bond donors (Lipinski definition) is 2. The van der Waals surface area contributed by atoms with Crippen LogP contribution in [0.2, 0.25) is 0 Å². The summed E-state index contributed by atoms with van der Waals surface area (Å²) < 4.78 is 36.9. The van der Waals surface area contributed by atoms with Gasteiger partial charge in [0, 0.05) is 26.8 Å². The highest BCUT2D eigenvalue weighted by Crippen LogP contribution is 2.14. The molecule has 3 N–H and O–H groups in total. The monoisotopic (exact) mass is 316 g/mol. The van der Waals surface area contributed by atoms with Gasteiger partial charge in [-0.15, -0.1) is 0 Å². The molecule has 21 heavy (non-hydrogen) atoms. The first-order valence-electron chi connectivity index (χ1n) is 6.87. The maximum atomic E-state index is 12.1. The molecule has 0 saturated carbocycles. The molecule has 0 aromatic heterocycles. The number of methoxy groups -OCH3 is 1. The number of hydrogen-bond acceptors (Lipinski definition) is 5. The van der Waals surface area contributed by atoms with Crippen LogP contribution in [-0.4, -0.2) is 41.9 Å². The molecule has 0 amide bonds. The summed E-state index contributed by atoms with van der Waals surface area (Å²) >= 11 is 0. The molecule has 1 aromatic rings. The number of nitrogens with one attached hydrogen (secondary N) is 1. The van der Waals surface area contributed by atoms with Gasteiger partial charge in [-0.2, -0.15) is 0 Å². The van der Waals surface area contributed by atoms with Crippen molar-refractivity contribution < 1.29 is 17.9 Å². The second-order valence-corrected chi connectivity index (χ2v) is 6.42. The molecule has 0 heterocycles. The normalized spacial score (nSPS) is 11.8. The Morgan fingerprint density at radius 1 is 1.24 bits per heavy atom. The van der Waals surface area contributed by atoms with E-state index in [1.165, 1.54) is 0 Å². The molecule has 0 unspecified atom stereocenters.